The summed E-state index contributed by atoms with van der Waals surface area (Å²) >= 11 is 0. The Morgan fingerprint density at radius 2 is 0.545 bits per heavy atom. The second-order valence-electron chi connectivity index (χ2n) is 17.7. The first kappa shape index (κ1) is 53.9. The van der Waals surface area contributed by atoms with E-state index in [0.717, 1.165) is 64.2 Å². The summed E-state index contributed by atoms with van der Waals surface area (Å²) in [5.74, 6) is -0.679. The highest BCUT2D eigenvalue weighted by Gasteiger charge is 2.14. The molecule has 0 saturated carbocycles. The second-order valence-corrected chi connectivity index (χ2v) is 17.7. The average Bonchev–Trinajstić information content (AvgIpc) is 3.17. The molecule has 0 spiro atoms. The molecular formula is C51H100O4. The number of hydrogen-bond donors (Lipinski definition) is 1. The molecule has 0 aromatic heterocycles. The van der Waals surface area contributed by atoms with Crippen LogP contribution in [0.15, 0.2) is 0 Å². The minimum atomic E-state index is -0.694. The highest BCUT2D eigenvalue weighted by Crippen LogP contribution is 2.20. The molecule has 0 bridgehead atoms. The summed E-state index contributed by atoms with van der Waals surface area (Å²) in [4.78, 5) is 23.5. The number of esters is 1. The van der Waals surface area contributed by atoms with Crippen molar-refractivity contribution in [3.63, 3.8) is 0 Å². The number of carboxylic acid groups (broad SMARTS) is 1. The molecule has 1 atom stereocenters. The van der Waals surface area contributed by atoms with Crippen molar-refractivity contribution in [2.24, 2.45) is 0 Å². The van der Waals surface area contributed by atoms with Crippen LogP contribution in [0.2, 0.25) is 0 Å². The Bertz CT molecular complexity index is 751. The van der Waals surface area contributed by atoms with Crippen LogP contribution in [0, 0.1) is 0 Å². The minimum absolute atomic E-state index is 0.0142. The van der Waals surface area contributed by atoms with E-state index in [4.69, 9.17) is 9.84 Å². The van der Waals surface area contributed by atoms with Crippen molar-refractivity contribution in [1.82, 2.24) is 0 Å². The summed E-state index contributed by atoms with van der Waals surface area (Å²) in [7, 11) is 0. The van der Waals surface area contributed by atoms with E-state index in [1.54, 1.807) is 0 Å². The predicted molar refractivity (Wildman–Crippen MR) is 241 cm³/mol. The average molecular weight is 777 g/mol. The van der Waals surface area contributed by atoms with Crippen molar-refractivity contribution in [2.75, 3.05) is 0 Å². The van der Waals surface area contributed by atoms with Gasteiger partial charge in [-0.2, -0.15) is 0 Å². The number of carbonyl (C=O) groups is 2. The molecule has 1 N–H and O–H groups in total. The van der Waals surface area contributed by atoms with Gasteiger partial charge in [0.2, 0.25) is 0 Å². The third kappa shape index (κ3) is 47.2. The Morgan fingerprint density at radius 1 is 0.327 bits per heavy atom. The molecule has 55 heavy (non-hydrogen) atoms. The molecule has 0 heterocycles. The molecule has 4 heteroatoms. The molecule has 328 valence electrons. The van der Waals surface area contributed by atoms with Crippen molar-refractivity contribution in [3.8, 4) is 0 Å². The van der Waals surface area contributed by atoms with E-state index in [1.165, 1.54) is 218 Å². The number of carbonyl (C=O) groups excluding carboxylic acids is 1. The molecule has 0 fully saturated rings. The quantitative estimate of drug-likeness (QED) is 0.0494. The molecule has 4 nitrogen and oxygen atoms in total. The lowest BCUT2D eigenvalue weighted by molar-refractivity contribution is -0.150. The standard InChI is InChI=1S/C51H100O4/c1-3-5-7-9-11-13-15-17-19-20-21-22-23-24-25-26-27-29-31-33-35-40-44-48-51(54)55-49(46-42-38-36-39-43-47-50(52)53)45-41-37-34-32-30-28-18-16-14-12-10-8-6-4-2/h49H,3-48H2,1-2H3,(H,52,53). The Morgan fingerprint density at radius 3 is 0.800 bits per heavy atom. The Labute approximate surface area is 345 Å². The zero-order chi connectivity index (χ0) is 40.0. The zero-order valence-corrected chi connectivity index (χ0v) is 37.8. The summed E-state index contributed by atoms with van der Waals surface area (Å²) < 4.78 is 6.06. The van der Waals surface area contributed by atoms with Crippen LogP contribution in [-0.2, 0) is 14.3 Å². The summed E-state index contributed by atoms with van der Waals surface area (Å²) in [5.41, 5.74) is 0. The van der Waals surface area contributed by atoms with Gasteiger partial charge in [-0.1, -0.05) is 258 Å². The molecule has 0 aromatic carbocycles. The summed E-state index contributed by atoms with van der Waals surface area (Å²) in [6.45, 7) is 4.59. The Kier molecular flexibility index (Phi) is 46.4. The first-order chi connectivity index (χ1) is 27.1. The molecule has 0 rings (SSSR count). The van der Waals surface area contributed by atoms with Crippen molar-refractivity contribution in [1.29, 1.82) is 0 Å². The topological polar surface area (TPSA) is 63.6 Å². The van der Waals surface area contributed by atoms with E-state index in [1.807, 2.05) is 0 Å². The maximum atomic E-state index is 12.8. The SMILES string of the molecule is CCCCCCCCCCCCCCCCCCCCCCCCCC(=O)OC(CCCCCCCCCCCCCCCC)CCCCCCCC(=O)O. The minimum Gasteiger partial charge on any atom is -0.481 e. The lowest BCUT2D eigenvalue weighted by Crippen LogP contribution is -2.18. The van der Waals surface area contributed by atoms with Crippen LogP contribution in [0.25, 0.3) is 0 Å². The highest BCUT2D eigenvalue weighted by atomic mass is 16.5. The molecule has 0 saturated heterocycles. The van der Waals surface area contributed by atoms with Gasteiger partial charge in [-0.25, -0.2) is 0 Å². The van der Waals surface area contributed by atoms with Crippen LogP contribution >= 0.6 is 0 Å². The molecule has 0 aliphatic carbocycles. The van der Waals surface area contributed by atoms with Crippen LogP contribution in [-0.4, -0.2) is 23.1 Å². The summed E-state index contributed by atoms with van der Waals surface area (Å²) in [6.07, 6.45) is 58.8. The highest BCUT2D eigenvalue weighted by molar-refractivity contribution is 5.69. The number of rotatable bonds is 48. The van der Waals surface area contributed by atoms with E-state index in [2.05, 4.69) is 13.8 Å². The number of hydrogen-bond acceptors (Lipinski definition) is 3. The van der Waals surface area contributed by atoms with Crippen LogP contribution in [0.3, 0.4) is 0 Å². The van der Waals surface area contributed by atoms with Gasteiger partial charge < -0.3 is 9.84 Å². The largest absolute Gasteiger partial charge is 0.481 e. The smallest absolute Gasteiger partial charge is 0.306 e. The third-order valence-electron chi connectivity index (χ3n) is 12.1. The Hall–Kier alpha value is -1.06. The van der Waals surface area contributed by atoms with Crippen LogP contribution in [0.1, 0.15) is 309 Å². The van der Waals surface area contributed by atoms with Crippen LogP contribution in [0.4, 0.5) is 0 Å². The van der Waals surface area contributed by atoms with Crippen LogP contribution < -0.4 is 0 Å². The monoisotopic (exact) mass is 777 g/mol. The molecule has 0 radical (unpaired) electrons. The Balaban J connectivity index is 3.83. The second kappa shape index (κ2) is 47.3. The lowest BCUT2D eigenvalue weighted by Gasteiger charge is -2.18. The zero-order valence-electron chi connectivity index (χ0n) is 37.8. The maximum absolute atomic E-state index is 12.8. The molecule has 0 aromatic rings. The van der Waals surface area contributed by atoms with Crippen molar-refractivity contribution in [2.45, 2.75) is 315 Å². The molecule has 0 aliphatic rings. The van der Waals surface area contributed by atoms with Crippen LogP contribution in [0.5, 0.6) is 0 Å². The fraction of sp³-hybridized carbons (Fsp3) is 0.961. The molecule has 1 unspecified atom stereocenters. The molecule has 0 aliphatic heterocycles. The van der Waals surface area contributed by atoms with Crippen molar-refractivity contribution < 1.29 is 19.4 Å². The van der Waals surface area contributed by atoms with Gasteiger partial charge >= 0.3 is 11.9 Å². The van der Waals surface area contributed by atoms with Gasteiger partial charge in [-0.15, -0.1) is 0 Å². The third-order valence-corrected chi connectivity index (χ3v) is 12.1. The number of carboxylic acids is 1. The maximum Gasteiger partial charge on any atom is 0.306 e. The van der Waals surface area contributed by atoms with Gasteiger partial charge in [0, 0.05) is 12.8 Å². The van der Waals surface area contributed by atoms with Gasteiger partial charge in [0.1, 0.15) is 6.10 Å². The van der Waals surface area contributed by atoms with E-state index >= 15 is 0 Å². The summed E-state index contributed by atoms with van der Waals surface area (Å²) in [5, 5.41) is 8.86. The van der Waals surface area contributed by atoms with Gasteiger partial charge in [0.05, 0.1) is 0 Å². The predicted octanol–water partition coefficient (Wildman–Crippen LogP) is 18.0. The van der Waals surface area contributed by atoms with Gasteiger partial charge in [0.15, 0.2) is 0 Å². The number of unbranched alkanes of at least 4 members (excludes halogenated alkanes) is 39. The normalized spacial score (nSPS) is 12.0. The number of aliphatic carboxylic acids is 1. The first-order valence-corrected chi connectivity index (χ1v) is 25.5. The fourth-order valence-electron chi connectivity index (χ4n) is 8.31. The summed E-state index contributed by atoms with van der Waals surface area (Å²) in [6, 6.07) is 0. The van der Waals surface area contributed by atoms with E-state index in [0.29, 0.717) is 6.42 Å². The van der Waals surface area contributed by atoms with Gasteiger partial charge in [-0.05, 0) is 38.5 Å². The molecular weight excluding hydrogens is 677 g/mol. The lowest BCUT2D eigenvalue weighted by atomic mass is 10.0. The van der Waals surface area contributed by atoms with E-state index in [9.17, 15) is 9.59 Å². The fourth-order valence-corrected chi connectivity index (χ4v) is 8.31. The van der Waals surface area contributed by atoms with E-state index in [-0.39, 0.29) is 18.5 Å². The van der Waals surface area contributed by atoms with Gasteiger partial charge in [-0.3, -0.25) is 9.59 Å². The van der Waals surface area contributed by atoms with E-state index < -0.39 is 5.97 Å². The molecule has 0 amide bonds. The van der Waals surface area contributed by atoms with Gasteiger partial charge in [0.25, 0.3) is 0 Å². The number of ether oxygens (including phenoxy) is 1. The first-order valence-electron chi connectivity index (χ1n) is 25.5. The van der Waals surface area contributed by atoms with Crippen molar-refractivity contribution in [3.05, 3.63) is 0 Å². The van der Waals surface area contributed by atoms with Crippen molar-refractivity contribution >= 4 is 11.9 Å².